The molecule has 2 N–H and O–H groups in total. The molecule has 2 aliphatic heterocycles. The summed E-state index contributed by atoms with van der Waals surface area (Å²) in [6.07, 6.45) is 1.98. The van der Waals surface area contributed by atoms with E-state index in [1.54, 1.807) is 0 Å². The molecule has 98 valence electrons. The molecule has 2 aliphatic rings. The van der Waals surface area contributed by atoms with E-state index in [-0.39, 0.29) is 12.6 Å². The van der Waals surface area contributed by atoms with Crippen molar-refractivity contribution in [2.45, 2.75) is 5.54 Å². The van der Waals surface area contributed by atoms with Gasteiger partial charge in [0.05, 0.1) is 6.61 Å². The van der Waals surface area contributed by atoms with Crippen LogP contribution in [0.1, 0.15) is 0 Å². The standard InChI is InChI=1S/C8H11N4O5P/c1-16-3-8-2-9-7(17-5-18(13,14)15)12-6(8)10-4-11-8/h2,4H,3,5H2,1H3,(H2,13,14,15). The van der Waals surface area contributed by atoms with Crippen molar-refractivity contribution in [1.29, 1.82) is 0 Å². The first-order valence-corrected chi connectivity index (χ1v) is 6.67. The summed E-state index contributed by atoms with van der Waals surface area (Å²) in [6, 6.07) is -0.158. The van der Waals surface area contributed by atoms with Gasteiger partial charge in [-0.3, -0.25) is 9.56 Å². The number of methoxy groups -OCH3 is 1. The third kappa shape index (κ3) is 2.70. The molecule has 18 heavy (non-hydrogen) atoms. The molecule has 0 aromatic heterocycles. The van der Waals surface area contributed by atoms with Gasteiger partial charge in [-0.15, -0.1) is 0 Å². The number of amidine groups is 2. The first kappa shape index (κ1) is 13.0. The lowest BCUT2D eigenvalue weighted by molar-refractivity contribution is 0.184. The van der Waals surface area contributed by atoms with Gasteiger partial charge in [-0.1, -0.05) is 0 Å². The zero-order valence-electron chi connectivity index (χ0n) is 9.42. The minimum absolute atomic E-state index is 0.158. The maximum Gasteiger partial charge on any atom is 0.362 e. The van der Waals surface area contributed by atoms with E-state index < -0.39 is 19.5 Å². The van der Waals surface area contributed by atoms with E-state index in [1.807, 2.05) is 0 Å². The van der Waals surface area contributed by atoms with Crippen LogP contribution in [0.5, 0.6) is 0 Å². The van der Waals surface area contributed by atoms with Crippen molar-refractivity contribution in [2.75, 3.05) is 20.1 Å². The summed E-state index contributed by atoms with van der Waals surface area (Å²) < 4.78 is 20.5. The zero-order chi connectivity index (χ0) is 13.2. The number of nitrogens with zero attached hydrogens (tertiary/aromatic N) is 4. The van der Waals surface area contributed by atoms with E-state index in [2.05, 4.69) is 20.0 Å². The molecule has 2 heterocycles. The highest BCUT2D eigenvalue weighted by molar-refractivity contribution is 7.51. The van der Waals surface area contributed by atoms with E-state index in [4.69, 9.17) is 19.3 Å². The maximum absolute atomic E-state index is 10.7. The molecule has 0 fully saturated rings. The molecule has 2 rings (SSSR count). The van der Waals surface area contributed by atoms with Gasteiger partial charge in [-0.05, 0) is 0 Å². The van der Waals surface area contributed by atoms with Crippen LogP contribution in [0, 0.1) is 0 Å². The van der Waals surface area contributed by atoms with E-state index in [1.165, 1.54) is 19.7 Å². The summed E-state index contributed by atoms with van der Waals surface area (Å²) in [4.78, 5) is 33.2. The smallest absolute Gasteiger partial charge is 0.362 e. The minimum atomic E-state index is -4.26. The Hall–Kier alpha value is -1.41. The van der Waals surface area contributed by atoms with Crippen molar-refractivity contribution in [2.24, 2.45) is 20.0 Å². The Morgan fingerprint density at radius 1 is 1.50 bits per heavy atom. The number of fused-ring (bicyclic) bond motifs is 1. The molecule has 0 aromatic rings. The quantitative estimate of drug-likeness (QED) is 0.662. The topological polar surface area (TPSA) is 125 Å². The number of ether oxygens (including phenoxy) is 2. The van der Waals surface area contributed by atoms with Crippen LogP contribution >= 0.6 is 7.60 Å². The van der Waals surface area contributed by atoms with Gasteiger partial charge >= 0.3 is 13.6 Å². The van der Waals surface area contributed by atoms with Crippen LogP contribution in [0.2, 0.25) is 0 Å². The largest absolute Gasteiger partial charge is 0.450 e. The monoisotopic (exact) mass is 274 g/mol. The van der Waals surface area contributed by atoms with Crippen LogP contribution < -0.4 is 0 Å². The van der Waals surface area contributed by atoms with Crippen molar-refractivity contribution in [3.8, 4) is 0 Å². The van der Waals surface area contributed by atoms with Crippen LogP contribution in [0.25, 0.3) is 0 Å². The predicted molar refractivity (Wildman–Crippen MR) is 64.5 cm³/mol. The second-order valence-corrected chi connectivity index (χ2v) is 5.23. The van der Waals surface area contributed by atoms with E-state index in [0.717, 1.165) is 0 Å². The normalized spacial score (nSPS) is 25.7. The van der Waals surface area contributed by atoms with Gasteiger partial charge in [0.25, 0.3) is 0 Å². The van der Waals surface area contributed by atoms with Crippen LogP contribution in [0.3, 0.4) is 0 Å². The summed E-state index contributed by atoms with van der Waals surface area (Å²) in [7, 11) is -2.75. The first-order chi connectivity index (χ1) is 8.45. The Balaban J connectivity index is 2.10. The Bertz CT molecular complexity index is 508. The molecule has 0 aromatic carbocycles. The lowest BCUT2D eigenvalue weighted by Crippen LogP contribution is -2.43. The number of hydrogen-bond acceptors (Lipinski definition) is 7. The van der Waals surface area contributed by atoms with Gasteiger partial charge in [0, 0.05) is 13.3 Å². The van der Waals surface area contributed by atoms with Gasteiger partial charge in [0.2, 0.25) is 0 Å². The molecule has 1 atom stereocenters. The summed E-state index contributed by atoms with van der Waals surface area (Å²) in [6.45, 7) is 0.223. The van der Waals surface area contributed by atoms with Crippen LogP contribution in [-0.2, 0) is 14.0 Å². The summed E-state index contributed by atoms with van der Waals surface area (Å²) in [5.41, 5.74) is -0.857. The second kappa shape index (κ2) is 4.69. The molecule has 1 unspecified atom stereocenters. The van der Waals surface area contributed by atoms with Crippen LogP contribution in [0.15, 0.2) is 20.0 Å². The predicted octanol–water partition coefficient (Wildman–Crippen LogP) is -0.596. The van der Waals surface area contributed by atoms with Crippen molar-refractivity contribution >= 4 is 32.0 Å². The molecule has 9 nitrogen and oxygen atoms in total. The van der Waals surface area contributed by atoms with Gasteiger partial charge in [0.1, 0.15) is 6.34 Å². The summed E-state index contributed by atoms with van der Waals surface area (Å²) >= 11 is 0. The average Bonchev–Trinajstić information content (AvgIpc) is 2.68. The summed E-state index contributed by atoms with van der Waals surface area (Å²) in [5.74, 6) is 0.320. The molecular weight excluding hydrogens is 263 g/mol. The van der Waals surface area contributed by atoms with E-state index in [9.17, 15) is 4.57 Å². The fourth-order valence-corrected chi connectivity index (χ4v) is 1.71. The highest BCUT2D eigenvalue weighted by Crippen LogP contribution is 2.34. The Kier molecular flexibility index (Phi) is 3.40. The van der Waals surface area contributed by atoms with Gasteiger partial charge in [0.15, 0.2) is 17.7 Å². The van der Waals surface area contributed by atoms with Crippen molar-refractivity contribution < 1.29 is 23.8 Å². The third-order valence-electron chi connectivity index (χ3n) is 2.17. The summed E-state index contributed by atoms with van der Waals surface area (Å²) in [5, 5.41) is 0. The number of aliphatic imine (C=N–C) groups is 4. The van der Waals surface area contributed by atoms with Crippen LogP contribution in [0.4, 0.5) is 0 Å². The lowest BCUT2D eigenvalue weighted by atomic mass is 10.0. The van der Waals surface area contributed by atoms with Crippen LogP contribution in [-0.4, -0.2) is 59.8 Å². The highest BCUT2D eigenvalue weighted by Gasteiger charge is 2.39. The molecule has 0 saturated heterocycles. The highest BCUT2D eigenvalue weighted by atomic mass is 31.2. The van der Waals surface area contributed by atoms with E-state index in [0.29, 0.717) is 5.84 Å². The first-order valence-electron chi connectivity index (χ1n) is 4.87. The molecular formula is C8H11N4O5P. The molecule has 0 aliphatic carbocycles. The minimum Gasteiger partial charge on any atom is -0.450 e. The Labute approximate surface area is 102 Å². The Morgan fingerprint density at radius 2 is 2.28 bits per heavy atom. The average molecular weight is 274 g/mol. The van der Waals surface area contributed by atoms with E-state index >= 15 is 0 Å². The van der Waals surface area contributed by atoms with Gasteiger partial charge in [-0.25, -0.2) is 9.98 Å². The van der Waals surface area contributed by atoms with Gasteiger partial charge < -0.3 is 19.3 Å². The van der Waals surface area contributed by atoms with Crippen molar-refractivity contribution in [3.63, 3.8) is 0 Å². The van der Waals surface area contributed by atoms with Crippen molar-refractivity contribution in [1.82, 2.24) is 0 Å². The molecule has 0 amide bonds. The number of hydrogen-bond donors (Lipinski definition) is 2. The maximum atomic E-state index is 10.7. The van der Waals surface area contributed by atoms with Crippen molar-refractivity contribution in [3.05, 3.63) is 0 Å². The molecule has 10 heteroatoms. The molecule has 0 spiro atoms. The molecule has 0 radical (unpaired) electrons. The van der Waals surface area contributed by atoms with Gasteiger partial charge in [-0.2, -0.15) is 4.99 Å². The fourth-order valence-electron chi connectivity index (χ4n) is 1.42. The molecule has 0 bridgehead atoms. The Morgan fingerprint density at radius 3 is 2.94 bits per heavy atom. The molecule has 0 saturated carbocycles. The number of rotatable bonds is 4. The second-order valence-electron chi connectivity index (χ2n) is 3.65. The third-order valence-corrected chi connectivity index (χ3v) is 2.64. The fraction of sp³-hybridized carbons (Fsp3) is 0.500. The lowest BCUT2D eigenvalue weighted by Gasteiger charge is -2.23. The zero-order valence-corrected chi connectivity index (χ0v) is 10.3. The SMILES string of the molecule is COCC12C=NC(OCP(=O)(O)O)=NC1=NC=N2.